The molecule has 1 atom stereocenters. The molecule has 0 radical (unpaired) electrons. The molecule has 1 fully saturated rings. The fraction of sp³-hybridized carbons (Fsp3) is 0.909. The smallest absolute Gasteiger partial charge is 0.233 e. The van der Waals surface area contributed by atoms with E-state index in [4.69, 9.17) is 5.84 Å². The third kappa shape index (κ3) is 4.08. The molecule has 0 bridgehead atoms. The quantitative estimate of drug-likeness (QED) is 0.388. The van der Waals surface area contributed by atoms with Crippen LogP contribution in [0, 0.1) is 0 Å². The average Bonchev–Trinajstić information content (AvgIpc) is 2.31. The minimum Gasteiger partial charge on any atom is -0.301 e. The molecule has 1 heterocycles. The third-order valence-corrected chi connectivity index (χ3v) is 3.37. The van der Waals surface area contributed by atoms with Crippen LogP contribution in [0.5, 0.6) is 0 Å². The predicted molar refractivity (Wildman–Crippen MR) is 64.7 cm³/mol. The molecule has 94 valence electrons. The van der Waals surface area contributed by atoms with Crippen molar-refractivity contribution in [1.29, 1.82) is 0 Å². The maximum Gasteiger partial charge on any atom is 0.233 e. The Bertz CT molecular complexity index is 222. The van der Waals surface area contributed by atoms with Gasteiger partial charge in [-0.05, 0) is 26.4 Å². The Morgan fingerprint density at radius 3 is 2.88 bits per heavy atom. The second-order valence-electron chi connectivity index (χ2n) is 4.51. The van der Waals surface area contributed by atoms with Crippen LogP contribution in [0.3, 0.4) is 0 Å². The number of likely N-dealkylation sites (N-methyl/N-ethyl adjacent to an activating group) is 1. The number of nitrogens with two attached hydrogens (primary N) is 1. The predicted octanol–water partition coefficient (Wildman–Crippen LogP) is -0.217. The van der Waals surface area contributed by atoms with Crippen molar-refractivity contribution >= 4 is 5.91 Å². The third-order valence-electron chi connectivity index (χ3n) is 3.37. The molecule has 0 aromatic heterocycles. The Morgan fingerprint density at radius 1 is 1.50 bits per heavy atom. The Hall–Kier alpha value is -0.650. The lowest BCUT2D eigenvalue weighted by Crippen LogP contribution is -2.51. The van der Waals surface area contributed by atoms with E-state index in [1.807, 2.05) is 0 Å². The Labute approximate surface area is 97.9 Å². The number of hydrogen-bond acceptors (Lipinski definition) is 4. The van der Waals surface area contributed by atoms with Gasteiger partial charge in [-0.3, -0.25) is 10.2 Å². The fourth-order valence-electron chi connectivity index (χ4n) is 2.19. The van der Waals surface area contributed by atoms with Gasteiger partial charge in [0, 0.05) is 32.1 Å². The van der Waals surface area contributed by atoms with Crippen molar-refractivity contribution < 1.29 is 4.79 Å². The van der Waals surface area contributed by atoms with Crippen molar-refractivity contribution in [2.24, 2.45) is 5.84 Å². The zero-order chi connectivity index (χ0) is 12.0. The van der Waals surface area contributed by atoms with Crippen molar-refractivity contribution in [3.63, 3.8) is 0 Å². The van der Waals surface area contributed by atoms with Crippen LogP contribution < -0.4 is 11.3 Å². The van der Waals surface area contributed by atoms with Gasteiger partial charge in [-0.25, -0.2) is 5.84 Å². The molecular formula is C11H24N4O. The van der Waals surface area contributed by atoms with E-state index in [0.717, 1.165) is 32.6 Å². The number of hydrogen-bond donors (Lipinski definition) is 2. The normalized spacial score (nSPS) is 23.3. The van der Waals surface area contributed by atoms with E-state index in [1.54, 1.807) is 0 Å². The minimum absolute atomic E-state index is 0.0684. The average molecular weight is 228 g/mol. The molecule has 1 aliphatic rings. The summed E-state index contributed by atoms with van der Waals surface area (Å²) in [5.74, 6) is 4.96. The summed E-state index contributed by atoms with van der Waals surface area (Å²) in [5, 5.41) is 0. The van der Waals surface area contributed by atoms with E-state index in [9.17, 15) is 4.79 Å². The lowest BCUT2D eigenvalue weighted by atomic mass is 10.1. The molecule has 1 amide bonds. The van der Waals surface area contributed by atoms with Crippen LogP contribution in [0.1, 0.15) is 26.2 Å². The number of carbonyl (C=O) groups excluding carboxylic acids is 1. The summed E-state index contributed by atoms with van der Waals surface area (Å²) in [6, 6.07) is 0.664. The van der Waals surface area contributed by atoms with E-state index < -0.39 is 0 Å². The Morgan fingerprint density at radius 2 is 2.25 bits per heavy atom. The first-order valence-electron chi connectivity index (χ1n) is 6.09. The summed E-state index contributed by atoms with van der Waals surface area (Å²) in [5.41, 5.74) is 2.16. The number of piperazine rings is 1. The molecule has 0 aromatic rings. The molecule has 3 N–H and O–H groups in total. The Balaban J connectivity index is 2.20. The molecule has 0 spiro atoms. The van der Waals surface area contributed by atoms with Gasteiger partial charge in [0.2, 0.25) is 5.91 Å². The standard InChI is InChI=1S/C11H24N4O/c1-3-10-9-15(8-7-14(10)2)6-4-5-11(16)13-12/h10H,3-9,12H2,1-2H3,(H,13,16). The van der Waals surface area contributed by atoms with Crippen molar-refractivity contribution in [3.8, 4) is 0 Å². The first kappa shape index (κ1) is 13.4. The van der Waals surface area contributed by atoms with Gasteiger partial charge in [-0.15, -0.1) is 0 Å². The van der Waals surface area contributed by atoms with Gasteiger partial charge in [-0.1, -0.05) is 6.92 Å². The lowest BCUT2D eigenvalue weighted by Gasteiger charge is -2.39. The van der Waals surface area contributed by atoms with Gasteiger partial charge in [0.25, 0.3) is 0 Å². The van der Waals surface area contributed by atoms with Crippen LogP contribution in [0.15, 0.2) is 0 Å². The SMILES string of the molecule is CCC1CN(CCCC(=O)NN)CCN1C. The van der Waals surface area contributed by atoms with Crippen LogP contribution in [0.25, 0.3) is 0 Å². The van der Waals surface area contributed by atoms with Crippen LogP contribution in [-0.2, 0) is 4.79 Å². The molecule has 1 unspecified atom stereocenters. The molecule has 16 heavy (non-hydrogen) atoms. The molecular weight excluding hydrogens is 204 g/mol. The van der Waals surface area contributed by atoms with Crippen LogP contribution in [0.4, 0.5) is 0 Å². The van der Waals surface area contributed by atoms with E-state index >= 15 is 0 Å². The van der Waals surface area contributed by atoms with Crippen LogP contribution in [0.2, 0.25) is 0 Å². The number of rotatable bonds is 5. The summed E-state index contributed by atoms with van der Waals surface area (Å²) >= 11 is 0. The monoisotopic (exact) mass is 228 g/mol. The van der Waals surface area contributed by atoms with Crippen molar-refractivity contribution in [1.82, 2.24) is 15.2 Å². The summed E-state index contributed by atoms with van der Waals surface area (Å²) in [7, 11) is 2.19. The molecule has 1 aliphatic heterocycles. The highest BCUT2D eigenvalue weighted by molar-refractivity contribution is 5.75. The fourth-order valence-corrected chi connectivity index (χ4v) is 2.19. The first-order valence-corrected chi connectivity index (χ1v) is 6.09. The van der Waals surface area contributed by atoms with E-state index in [1.165, 1.54) is 6.42 Å². The highest BCUT2D eigenvalue weighted by Crippen LogP contribution is 2.11. The molecule has 0 saturated carbocycles. The minimum atomic E-state index is -0.0684. The largest absolute Gasteiger partial charge is 0.301 e. The summed E-state index contributed by atoms with van der Waals surface area (Å²) < 4.78 is 0. The number of amides is 1. The lowest BCUT2D eigenvalue weighted by molar-refractivity contribution is -0.121. The van der Waals surface area contributed by atoms with E-state index in [0.29, 0.717) is 12.5 Å². The molecule has 0 aromatic carbocycles. The van der Waals surface area contributed by atoms with Crippen LogP contribution >= 0.6 is 0 Å². The molecule has 0 aliphatic carbocycles. The van der Waals surface area contributed by atoms with Gasteiger partial charge >= 0.3 is 0 Å². The highest BCUT2D eigenvalue weighted by Gasteiger charge is 2.22. The van der Waals surface area contributed by atoms with Crippen molar-refractivity contribution in [2.75, 3.05) is 33.2 Å². The van der Waals surface area contributed by atoms with Gasteiger partial charge in [-0.2, -0.15) is 0 Å². The number of carbonyl (C=O) groups is 1. The number of nitrogens with one attached hydrogen (secondary N) is 1. The Kier molecular flexibility index (Phi) is 5.73. The summed E-state index contributed by atoms with van der Waals surface area (Å²) in [6.07, 6.45) is 2.61. The number of nitrogens with zero attached hydrogens (tertiary/aromatic N) is 2. The maximum absolute atomic E-state index is 11.0. The van der Waals surface area contributed by atoms with Gasteiger partial charge in [0.05, 0.1) is 0 Å². The second-order valence-corrected chi connectivity index (χ2v) is 4.51. The highest BCUT2D eigenvalue weighted by atomic mass is 16.2. The summed E-state index contributed by atoms with van der Waals surface area (Å²) in [6.45, 7) is 6.58. The molecule has 1 saturated heterocycles. The topological polar surface area (TPSA) is 61.6 Å². The summed E-state index contributed by atoms with van der Waals surface area (Å²) in [4.78, 5) is 15.8. The first-order chi connectivity index (χ1) is 7.67. The van der Waals surface area contributed by atoms with Gasteiger partial charge in [0.1, 0.15) is 0 Å². The molecule has 5 nitrogen and oxygen atoms in total. The molecule has 5 heteroatoms. The zero-order valence-electron chi connectivity index (χ0n) is 10.4. The van der Waals surface area contributed by atoms with Crippen molar-refractivity contribution in [3.05, 3.63) is 0 Å². The van der Waals surface area contributed by atoms with E-state index in [-0.39, 0.29) is 5.91 Å². The molecule has 1 rings (SSSR count). The van der Waals surface area contributed by atoms with Crippen LogP contribution in [-0.4, -0.2) is 55.0 Å². The van der Waals surface area contributed by atoms with Gasteiger partial charge < -0.3 is 9.80 Å². The zero-order valence-corrected chi connectivity index (χ0v) is 10.4. The van der Waals surface area contributed by atoms with Crippen molar-refractivity contribution in [2.45, 2.75) is 32.2 Å². The maximum atomic E-state index is 11.0. The number of hydrazine groups is 1. The van der Waals surface area contributed by atoms with Gasteiger partial charge in [0.15, 0.2) is 0 Å². The van der Waals surface area contributed by atoms with E-state index in [2.05, 4.69) is 29.2 Å². The second kappa shape index (κ2) is 6.83.